The molecule has 21 heavy (non-hydrogen) atoms. The summed E-state index contributed by atoms with van der Waals surface area (Å²) in [5.41, 5.74) is 3.15. The van der Waals surface area contributed by atoms with E-state index >= 15 is 0 Å². The fourth-order valence-corrected chi connectivity index (χ4v) is 4.33. The van der Waals surface area contributed by atoms with Gasteiger partial charge in [-0.15, -0.1) is 0 Å². The summed E-state index contributed by atoms with van der Waals surface area (Å²) in [4.78, 5) is 2.72. The topological polar surface area (TPSA) is 15.3 Å². The van der Waals surface area contributed by atoms with Gasteiger partial charge in [-0.05, 0) is 68.7 Å². The zero-order valence-corrected chi connectivity index (χ0v) is 13.2. The van der Waals surface area contributed by atoms with E-state index in [9.17, 15) is 0 Å². The van der Waals surface area contributed by atoms with Crippen LogP contribution in [0.4, 0.5) is 0 Å². The summed E-state index contributed by atoms with van der Waals surface area (Å²) in [7, 11) is 0. The van der Waals surface area contributed by atoms with Crippen LogP contribution in [-0.4, -0.2) is 30.1 Å². The van der Waals surface area contributed by atoms with E-state index in [1.54, 1.807) is 11.1 Å². The first-order chi connectivity index (χ1) is 10.3. The highest BCUT2D eigenvalue weighted by atomic mass is 15.2. The molecular weight excluding hydrogens is 256 g/mol. The molecule has 0 spiro atoms. The molecule has 2 unspecified atom stereocenters. The Kier molecular flexibility index (Phi) is 3.76. The molecule has 0 aromatic heterocycles. The van der Waals surface area contributed by atoms with E-state index in [1.807, 2.05) is 0 Å². The Morgan fingerprint density at radius 2 is 1.62 bits per heavy atom. The summed E-state index contributed by atoms with van der Waals surface area (Å²) in [6.45, 7) is 5.00. The van der Waals surface area contributed by atoms with Gasteiger partial charge in [-0.2, -0.15) is 0 Å². The number of benzene rings is 1. The summed E-state index contributed by atoms with van der Waals surface area (Å²) < 4.78 is 0. The van der Waals surface area contributed by atoms with E-state index in [-0.39, 0.29) is 0 Å². The van der Waals surface area contributed by atoms with Gasteiger partial charge in [0.2, 0.25) is 0 Å². The third-order valence-corrected chi connectivity index (χ3v) is 5.82. The molecule has 114 valence electrons. The van der Waals surface area contributed by atoms with Crippen molar-refractivity contribution in [2.45, 2.75) is 69.5 Å². The van der Waals surface area contributed by atoms with Gasteiger partial charge in [-0.3, -0.25) is 0 Å². The zero-order valence-electron chi connectivity index (χ0n) is 13.2. The smallest absolute Gasteiger partial charge is 0.0325 e. The quantitative estimate of drug-likeness (QED) is 0.907. The van der Waals surface area contributed by atoms with E-state index in [2.05, 4.69) is 41.4 Å². The van der Waals surface area contributed by atoms with Gasteiger partial charge in [0.1, 0.15) is 0 Å². The highest BCUT2D eigenvalue weighted by molar-refractivity contribution is 5.35. The van der Waals surface area contributed by atoms with E-state index in [0.717, 1.165) is 18.0 Å². The average molecular weight is 284 g/mol. The summed E-state index contributed by atoms with van der Waals surface area (Å²) in [5.74, 6) is 0.732. The molecule has 0 amide bonds. The summed E-state index contributed by atoms with van der Waals surface area (Å²) in [6.07, 6.45) is 8.21. The second-order valence-electron chi connectivity index (χ2n) is 7.37. The van der Waals surface area contributed by atoms with Gasteiger partial charge in [0.15, 0.2) is 0 Å². The van der Waals surface area contributed by atoms with Crippen LogP contribution in [-0.2, 0) is 0 Å². The number of nitrogens with zero attached hydrogens (tertiary/aromatic N) is 1. The molecule has 2 nitrogen and oxygen atoms in total. The predicted octanol–water partition coefficient (Wildman–Crippen LogP) is 3.84. The molecule has 2 atom stereocenters. The molecule has 0 bridgehead atoms. The summed E-state index contributed by atoms with van der Waals surface area (Å²) in [5, 5.41) is 3.99. The van der Waals surface area contributed by atoms with Gasteiger partial charge < -0.3 is 10.2 Å². The Hall–Kier alpha value is -0.860. The minimum atomic E-state index is 0.592. The van der Waals surface area contributed by atoms with E-state index in [0.29, 0.717) is 6.04 Å². The van der Waals surface area contributed by atoms with Crippen LogP contribution < -0.4 is 5.32 Å². The maximum atomic E-state index is 3.99. The lowest BCUT2D eigenvalue weighted by molar-refractivity contribution is 0.180. The van der Waals surface area contributed by atoms with Crippen molar-refractivity contribution in [1.29, 1.82) is 0 Å². The average Bonchev–Trinajstić information content (AvgIpc) is 3.36. The first-order valence-electron chi connectivity index (χ1n) is 8.90. The minimum Gasteiger partial charge on any atom is -0.307 e. The Bertz CT molecular complexity index is 486. The van der Waals surface area contributed by atoms with Crippen molar-refractivity contribution in [2.24, 2.45) is 0 Å². The molecule has 1 aliphatic heterocycles. The van der Waals surface area contributed by atoms with E-state index in [4.69, 9.17) is 0 Å². The Morgan fingerprint density at radius 1 is 0.905 bits per heavy atom. The van der Waals surface area contributed by atoms with Crippen LogP contribution in [0.25, 0.3) is 0 Å². The van der Waals surface area contributed by atoms with Crippen molar-refractivity contribution in [2.75, 3.05) is 13.1 Å². The first kappa shape index (κ1) is 13.8. The summed E-state index contributed by atoms with van der Waals surface area (Å²) >= 11 is 0. The number of fused-ring (bicyclic) bond motifs is 1. The van der Waals surface area contributed by atoms with Crippen LogP contribution in [0, 0.1) is 0 Å². The first-order valence-corrected chi connectivity index (χ1v) is 8.90. The highest BCUT2D eigenvalue weighted by Gasteiger charge is 2.33. The van der Waals surface area contributed by atoms with Crippen molar-refractivity contribution in [3.63, 3.8) is 0 Å². The van der Waals surface area contributed by atoms with E-state index in [1.165, 1.54) is 51.6 Å². The molecule has 1 heterocycles. The lowest BCUT2D eigenvalue weighted by Crippen LogP contribution is -2.45. The highest BCUT2D eigenvalue weighted by Crippen LogP contribution is 2.38. The normalized spacial score (nSPS) is 31.1. The van der Waals surface area contributed by atoms with Crippen LogP contribution >= 0.6 is 0 Å². The van der Waals surface area contributed by atoms with Crippen LogP contribution in [0.15, 0.2) is 24.3 Å². The fraction of sp³-hybridized carbons (Fsp3) is 0.684. The van der Waals surface area contributed by atoms with Gasteiger partial charge in [0, 0.05) is 18.1 Å². The van der Waals surface area contributed by atoms with E-state index < -0.39 is 0 Å². The van der Waals surface area contributed by atoms with Gasteiger partial charge >= 0.3 is 0 Å². The van der Waals surface area contributed by atoms with Gasteiger partial charge in [-0.25, -0.2) is 0 Å². The van der Waals surface area contributed by atoms with Crippen molar-refractivity contribution in [3.05, 3.63) is 35.4 Å². The number of rotatable bonds is 3. The molecule has 4 rings (SSSR count). The minimum absolute atomic E-state index is 0.592. The molecule has 3 aliphatic rings. The molecule has 1 N–H and O–H groups in total. The molecule has 2 aliphatic carbocycles. The Labute approximate surface area is 128 Å². The van der Waals surface area contributed by atoms with Crippen molar-refractivity contribution in [1.82, 2.24) is 10.2 Å². The second kappa shape index (κ2) is 5.73. The maximum Gasteiger partial charge on any atom is 0.0325 e. The fourth-order valence-electron chi connectivity index (χ4n) is 4.33. The second-order valence-corrected chi connectivity index (χ2v) is 7.37. The molecule has 2 heteroatoms. The molecule has 1 saturated heterocycles. The monoisotopic (exact) mass is 284 g/mol. The van der Waals surface area contributed by atoms with Crippen molar-refractivity contribution >= 4 is 0 Å². The van der Waals surface area contributed by atoms with Crippen LogP contribution in [0.2, 0.25) is 0 Å². The van der Waals surface area contributed by atoms with Gasteiger partial charge in [0.05, 0.1) is 0 Å². The number of hydrogen-bond acceptors (Lipinski definition) is 2. The molecule has 2 fully saturated rings. The largest absolute Gasteiger partial charge is 0.307 e. The van der Waals surface area contributed by atoms with Crippen LogP contribution in [0.1, 0.15) is 68.5 Å². The molecule has 1 aromatic rings. The number of nitrogens with one attached hydrogen (secondary N) is 1. The third-order valence-electron chi connectivity index (χ3n) is 5.82. The zero-order chi connectivity index (χ0) is 14.2. The third kappa shape index (κ3) is 2.89. The number of hydrogen-bond donors (Lipinski definition) is 1. The van der Waals surface area contributed by atoms with Gasteiger partial charge in [-0.1, -0.05) is 31.2 Å². The predicted molar refractivity (Wildman–Crippen MR) is 87.6 cm³/mol. The Morgan fingerprint density at radius 3 is 2.33 bits per heavy atom. The lowest BCUT2D eigenvalue weighted by Gasteiger charge is -2.37. The maximum absolute atomic E-state index is 3.99. The molecule has 1 saturated carbocycles. The Balaban J connectivity index is 1.40. The van der Waals surface area contributed by atoms with Crippen LogP contribution in [0.5, 0.6) is 0 Å². The SMILES string of the molecule is CC1CCC(NC2CCN(C3CC3)CC2)c2ccccc21. The van der Waals surface area contributed by atoms with Gasteiger partial charge in [0.25, 0.3) is 0 Å². The molecular formula is C19H28N2. The molecule has 0 radical (unpaired) electrons. The number of piperidine rings is 1. The lowest BCUT2D eigenvalue weighted by atomic mass is 9.80. The number of likely N-dealkylation sites (tertiary alicyclic amines) is 1. The molecule has 1 aromatic carbocycles. The summed E-state index contributed by atoms with van der Waals surface area (Å²) in [6, 6.07) is 11.4. The van der Waals surface area contributed by atoms with Crippen LogP contribution in [0.3, 0.4) is 0 Å². The van der Waals surface area contributed by atoms with Crippen molar-refractivity contribution < 1.29 is 0 Å². The van der Waals surface area contributed by atoms with Crippen molar-refractivity contribution in [3.8, 4) is 0 Å². The standard InChI is InChI=1S/C19H28N2/c1-14-6-9-19(18-5-3-2-4-17(14)18)20-15-10-12-21(13-11-15)16-7-8-16/h2-5,14-16,19-20H,6-13H2,1H3.